The van der Waals surface area contributed by atoms with E-state index in [1.54, 1.807) is 12.3 Å². The molecule has 1 heterocycles. The van der Waals surface area contributed by atoms with Crippen molar-refractivity contribution in [1.29, 1.82) is 0 Å². The van der Waals surface area contributed by atoms with E-state index in [9.17, 15) is 18.0 Å². The summed E-state index contributed by atoms with van der Waals surface area (Å²) >= 11 is 0. The first kappa shape index (κ1) is 16.1. The fourth-order valence-electron chi connectivity index (χ4n) is 2.05. The number of halogens is 3. The number of nitrogens with zero attached hydrogens (tertiary/aromatic N) is 2. The topological polar surface area (TPSA) is 46.9 Å². The number of aryl methyl sites for hydroxylation is 1. The number of nitrogens with one attached hydrogen (secondary N) is 1. The first-order valence-electron chi connectivity index (χ1n) is 6.72. The van der Waals surface area contributed by atoms with Crippen molar-refractivity contribution in [2.24, 2.45) is 0 Å². The lowest BCUT2D eigenvalue weighted by molar-refractivity contribution is -0.153. The number of imidazole rings is 1. The van der Waals surface area contributed by atoms with Gasteiger partial charge in [-0.2, -0.15) is 13.2 Å². The molecule has 0 spiro atoms. The van der Waals surface area contributed by atoms with Crippen LogP contribution in [0.25, 0.3) is 0 Å². The van der Waals surface area contributed by atoms with Crippen LogP contribution in [0, 0.1) is 6.92 Å². The van der Waals surface area contributed by atoms with Crippen molar-refractivity contribution in [3.63, 3.8) is 0 Å². The first-order chi connectivity index (χ1) is 10.3. The monoisotopic (exact) mass is 311 g/mol. The highest BCUT2D eigenvalue weighted by molar-refractivity contribution is 5.76. The smallest absolute Gasteiger partial charge is 0.352 e. The molecule has 118 valence electrons. The van der Waals surface area contributed by atoms with Crippen LogP contribution in [0.5, 0.6) is 0 Å². The average Bonchev–Trinajstić information content (AvgIpc) is 2.81. The standard InChI is InChI=1S/C15H16F3N3O/c1-11-19-5-6-21(11)10-13-4-2-3-12(7-13)9-20-14(22)8-15(16,17)18/h2-7H,8-10H2,1H3,(H,20,22). The second kappa shape index (κ2) is 6.64. The van der Waals surface area contributed by atoms with Crippen molar-refractivity contribution in [2.45, 2.75) is 32.6 Å². The van der Waals surface area contributed by atoms with Gasteiger partial charge in [-0.25, -0.2) is 4.98 Å². The maximum Gasteiger partial charge on any atom is 0.397 e. The molecule has 1 aromatic heterocycles. The maximum atomic E-state index is 12.1. The number of hydrogen-bond acceptors (Lipinski definition) is 2. The molecule has 1 amide bonds. The van der Waals surface area contributed by atoms with Crippen molar-refractivity contribution >= 4 is 5.91 Å². The van der Waals surface area contributed by atoms with Crippen molar-refractivity contribution < 1.29 is 18.0 Å². The van der Waals surface area contributed by atoms with Crippen LogP contribution in [0.3, 0.4) is 0 Å². The van der Waals surface area contributed by atoms with Crippen molar-refractivity contribution in [3.8, 4) is 0 Å². The molecule has 2 aromatic rings. The molecule has 0 saturated carbocycles. The van der Waals surface area contributed by atoms with Gasteiger partial charge in [-0.15, -0.1) is 0 Å². The van der Waals surface area contributed by atoms with Crippen LogP contribution in [0.15, 0.2) is 36.7 Å². The predicted molar refractivity (Wildman–Crippen MR) is 75.0 cm³/mol. The summed E-state index contributed by atoms with van der Waals surface area (Å²) in [6.07, 6.45) is -2.38. The summed E-state index contributed by atoms with van der Waals surface area (Å²) in [6, 6.07) is 7.35. The summed E-state index contributed by atoms with van der Waals surface area (Å²) in [5.41, 5.74) is 1.74. The van der Waals surface area contributed by atoms with Gasteiger partial charge in [-0.1, -0.05) is 24.3 Å². The lowest BCUT2D eigenvalue weighted by Gasteiger charge is -2.10. The number of hydrogen-bond donors (Lipinski definition) is 1. The Morgan fingerprint density at radius 3 is 2.68 bits per heavy atom. The Morgan fingerprint density at radius 2 is 2.05 bits per heavy atom. The molecule has 0 fully saturated rings. The van der Waals surface area contributed by atoms with Crippen LogP contribution in [0.1, 0.15) is 23.4 Å². The third-order valence-corrected chi connectivity index (χ3v) is 3.12. The molecule has 1 aromatic carbocycles. The molecule has 0 unspecified atom stereocenters. The molecule has 0 saturated heterocycles. The fraction of sp³-hybridized carbons (Fsp3) is 0.333. The Bertz CT molecular complexity index is 649. The van der Waals surface area contributed by atoms with E-state index < -0.39 is 18.5 Å². The molecule has 4 nitrogen and oxygen atoms in total. The Kier molecular flexibility index (Phi) is 4.85. The van der Waals surface area contributed by atoms with Crippen molar-refractivity contribution in [2.75, 3.05) is 0 Å². The van der Waals surface area contributed by atoms with Crippen molar-refractivity contribution in [1.82, 2.24) is 14.9 Å². The molecule has 0 aliphatic rings. The highest BCUT2D eigenvalue weighted by Gasteiger charge is 2.30. The van der Waals surface area contributed by atoms with Gasteiger partial charge in [0.2, 0.25) is 5.91 Å². The van der Waals surface area contributed by atoms with E-state index in [1.165, 1.54) is 0 Å². The molecule has 1 N–H and O–H groups in total. The number of amides is 1. The number of benzene rings is 1. The summed E-state index contributed by atoms with van der Waals surface area (Å²) in [6.45, 7) is 2.59. The highest BCUT2D eigenvalue weighted by Crippen LogP contribution is 2.19. The summed E-state index contributed by atoms with van der Waals surface area (Å²) < 4.78 is 38.2. The molecule has 0 aliphatic carbocycles. The second-order valence-electron chi connectivity index (χ2n) is 4.99. The van der Waals surface area contributed by atoms with E-state index in [-0.39, 0.29) is 6.54 Å². The minimum atomic E-state index is -4.48. The van der Waals surface area contributed by atoms with E-state index in [0.717, 1.165) is 17.0 Å². The second-order valence-corrected chi connectivity index (χ2v) is 4.99. The number of aromatic nitrogens is 2. The Hall–Kier alpha value is -2.31. The third-order valence-electron chi connectivity index (χ3n) is 3.12. The molecule has 22 heavy (non-hydrogen) atoms. The maximum absolute atomic E-state index is 12.1. The van der Waals surface area contributed by atoms with Gasteiger partial charge in [0.25, 0.3) is 0 Å². The quantitative estimate of drug-likeness (QED) is 0.923. The third kappa shape index (κ3) is 4.91. The predicted octanol–water partition coefficient (Wildman–Crippen LogP) is 2.81. The van der Waals surface area contributed by atoms with E-state index in [1.807, 2.05) is 35.9 Å². The molecule has 0 atom stereocenters. The SMILES string of the molecule is Cc1nccn1Cc1cccc(CNC(=O)CC(F)(F)F)c1. The van der Waals surface area contributed by atoms with Gasteiger partial charge in [0.15, 0.2) is 0 Å². The molecule has 0 radical (unpaired) electrons. The number of carbonyl (C=O) groups is 1. The van der Waals surface area contributed by atoms with Gasteiger partial charge in [0.05, 0.1) is 0 Å². The summed E-state index contributed by atoms with van der Waals surface area (Å²) in [5, 5.41) is 2.27. The minimum absolute atomic E-state index is 0.0751. The molecule has 7 heteroatoms. The fourth-order valence-corrected chi connectivity index (χ4v) is 2.05. The van der Waals surface area contributed by atoms with E-state index >= 15 is 0 Å². The Balaban J connectivity index is 1.94. The van der Waals surface area contributed by atoms with Gasteiger partial charge >= 0.3 is 6.18 Å². The number of alkyl halides is 3. The molecular weight excluding hydrogens is 295 g/mol. The van der Waals surface area contributed by atoms with Gasteiger partial charge in [-0.05, 0) is 18.1 Å². The average molecular weight is 311 g/mol. The number of carbonyl (C=O) groups excluding carboxylic acids is 1. The van der Waals surface area contributed by atoms with Gasteiger partial charge < -0.3 is 9.88 Å². The largest absolute Gasteiger partial charge is 0.397 e. The van der Waals surface area contributed by atoms with E-state index in [0.29, 0.717) is 6.54 Å². The molecule has 0 bridgehead atoms. The van der Waals surface area contributed by atoms with Crippen LogP contribution >= 0.6 is 0 Å². The zero-order valence-corrected chi connectivity index (χ0v) is 12.0. The zero-order chi connectivity index (χ0) is 16.2. The highest BCUT2D eigenvalue weighted by atomic mass is 19.4. The lowest BCUT2D eigenvalue weighted by Crippen LogP contribution is -2.28. The van der Waals surface area contributed by atoms with Crippen LogP contribution in [-0.2, 0) is 17.9 Å². The van der Waals surface area contributed by atoms with E-state index in [4.69, 9.17) is 0 Å². The van der Waals surface area contributed by atoms with Crippen LogP contribution < -0.4 is 5.32 Å². The van der Waals surface area contributed by atoms with Crippen LogP contribution in [-0.4, -0.2) is 21.6 Å². The first-order valence-corrected chi connectivity index (χ1v) is 6.72. The van der Waals surface area contributed by atoms with Crippen molar-refractivity contribution in [3.05, 3.63) is 53.6 Å². The minimum Gasteiger partial charge on any atom is -0.352 e. The molecular formula is C15H16F3N3O. The van der Waals surface area contributed by atoms with Crippen LogP contribution in [0.2, 0.25) is 0 Å². The summed E-state index contributed by atoms with van der Waals surface area (Å²) in [7, 11) is 0. The van der Waals surface area contributed by atoms with Gasteiger partial charge in [0, 0.05) is 25.5 Å². The molecule has 0 aliphatic heterocycles. The number of rotatable bonds is 5. The van der Waals surface area contributed by atoms with Crippen LogP contribution in [0.4, 0.5) is 13.2 Å². The zero-order valence-electron chi connectivity index (χ0n) is 12.0. The normalized spacial score (nSPS) is 11.5. The molecule has 2 rings (SSSR count). The van der Waals surface area contributed by atoms with Gasteiger partial charge in [0.1, 0.15) is 12.2 Å². The Morgan fingerprint density at radius 1 is 1.32 bits per heavy atom. The summed E-state index contributed by atoms with van der Waals surface area (Å²) in [4.78, 5) is 15.3. The lowest BCUT2D eigenvalue weighted by atomic mass is 10.1. The van der Waals surface area contributed by atoms with Gasteiger partial charge in [-0.3, -0.25) is 4.79 Å². The summed E-state index contributed by atoms with van der Waals surface area (Å²) in [5.74, 6) is -0.146. The Labute approximate surface area is 126 Å². The van der Waals surface area contributed by atoms with E-state index in [2.05, 4.69) is 10.3 Å².